The molecule has 0 saturated carbocycles. The van der Waals surface area contributed by atoms with E-state index < -0.39 is 11.7 Å². The van der Waals surface area contributed by atoms with E-state index in [1.54, 1.807) is 17.4 Å². The molecule has 0 aliphatic carbocycles. The predicted molar refractivity (Wildman–Crippen MR) is 58.6 cm³/mol. The Morgan fingerprint density at radius 2 is 1.88 bits per heavy atom. The molecule has 0 fully saturated rings. The van der Waals surface area contributed by atoms with Gasteiger partial charge in [-0.2, -0.15) is 13.2 Å². The van der Waals surface area contributed by atoms with Crippen molar-refractivity contribution in [3.8, 4) is 0 Å². The zero-order chi connectivity index (χ0) is 11.6. The molecule has 2 rings (SSSR count). The van der Waals surface area contributed by atoms with Gasteiger partial charge < -0.3 is 0 Å². The van der Waals surface area contributed by atoms with Gasteiger partial charge in [0, 0.05) is 11.3 Å². The molecule has 16 heavy (non-hydrogen) atoms. The maximum atomic E-state index is 12.4. The molecule has 1 aromatic heterocycles. The van der Waals surface area contributed by atoms with Crippen LogP contribution in [0.4, 0.5) is 13.2 Å². The van der Waals surface area contributed by atoms with Crippen LogP contribution in [0.2, 0.25) is 0 Å². The molecule has 1 aromatic carbocycles. The van der Waals surface area contributed by atoms with Gasteiger partial charge in [-0.25, -0.2) is 0 Å². The second-order valence-electron chi connectivity index (χ2n) is 3.45. The number of rotatable bonds is 2. The van der Waals surface area contributed by atoms with E-state index in [2.05, 4.69) is 0 Å². The first kappa shape index (κ1) is 11.2. The smallest absolute Gasteiger partial charge is 0.166 e. The Labute approximate surface area is 95.4 Å². The SMILES string of the molecule is FC(F)(F)c1cccc(Cc2cccs2)c1. The summed E-state index contributed by atoms with van der Waals surface area (Å²) in [4.78, 5) is 1.07. The van der Waals surface area contributed by atoms with Crippen LogP contribution in [0, 0.1) is 0 Å². The molecule has 0 saturated heterocycles. The van der Waals surface area contributed by atoms with Crippen LogP contribution < -0.4 is 0 Å². The van der Waals surface area contributed by atoms with E-state index in [4.69, 9.17) is 0 Å². The van der Waals surface area contributed by atoms with E-state index in [0.29, 0.717) is 12.0 Å². The van der Waals surface area contributed by atoms with Crippen molar-refractivity contribution in [3.05, 3.63) is 57.8 Å². The summed E-state index contributed by atoms with van der Waals surface area (Å²) < 4.78 is 37.3. The minimum atomic E-state index is -4.26. The minimum Gasteiger partial charge on any atom is -0.166 e. The first-order valence-electron chi connectivity index (χ1n) is 4.74. The number of hydrogen-bond acceptors (Lipinski definition) is 1. The Bertz CT molecular complexity index is 457. The maximum Gasteiger partial charge on any atom is 0.416 e. The molecule has 0 N–H and O–H groups in total. The van der Waals surface area contributed by atoms with Crippen LogP contribution in [0.5, 0.6) is 0 Å². The minimum absolute atomic E-state index is 0.557. The van der Waals surface area contributed by atoms with Gasteiger partial charge in [-0.05, 0) is 23.1 Å². The van der Waals surface area contributed by atoms with Crippen molar-refractivity contribution in [2.24, 2.45) is 0 Å². The fourth-order valence-corrected chi connectivity index (χ4v) is 2.21. The van der Waals surface area contributed by atoms with Gasteiger partial charge in [0.05, 0.1) is 5.56 Å². The summed E-state index contributed by atoms with van der Waals surface area (Å²) >= 11 is 1.55. The molecular weight excluding hydrogens is 233 g/mol. The molecule has 0 bridgehead atoms. The number of alkyl halides is 3. The van der Waals surface area contributed by atoms with Gasteiger partial charge in [0.2, 0.25) is 0 Å². The zero-order valence-electron chi connectivity index (χ0n) is 8.29. The molecule has 84 valence electrons. The van der Waals surface area contributed by atoms with Crippen molar-refractivity contribution >= 4 is 11.3 Å². The van der Waals surface area contributed by atoms with E-state index in [-0.39, 0.29) is 0 Å². The van der Waals surface area contributed by atoms with Gasteiger partial charge in [0.1, 0.15) is 0 Å². The predicted octanol–water partition coefficient (Wildman–Crippen LogP) is 4.36. The van der Waals surface area contributed by atoms with Crippen molar-refractivity contribution < 1.29 is 13.2 Å². The Balaban J connectivity index is 2.23. The standard InChI is InChI=1S/C12H9F3S/c13-12(14,15)10-4-1-3-9(7-10)8-11-5-2-6-16-11/h1-7H,8H2. The molecule has 2 aromatic rings. The second kappa shape index (κ2) is 4.29. The van der Waals surface area contributed by atoms with Crippen LogP contribution in [0.1, 0.15) is 16.0 Å². The number of halogens is 3. The molecule has 0 atom stereocenters. The number of benzene rings is 1. The molecule has 0 aliphatic rings. The molecule has 0 unspecified atom stereocenters. The Morgan fingerprint density at radius 3 is 2.50 bits per heavy atom. The van der Waals surface area contributed by atoms with Gasteiger partial charge in [0.15, 0.2) is 0 Å². The van der Waals surface area contributed by atoms with Gasteiger partial charge in [-0.3, -0.25) is 0 Å². The van der Waals surface area contributed by atoms with E-state index >= 15 is 0 Å². The molecule has 0 radical (unpaired) electrons. The van der Waals surface area contributed by atoms with E-state index in [1.807, 2.05) is 17.5 Å². The highest BCUT2D eigenvalue weighted by molar-refractivity contribution is 7.09. The first-order valence-corrected chi connectivity index (χ1v) is 5.62. The average Bonchev–Trinajstić information content (AvgIpc) is 2.70. The van der Waals surface area contributed by atoms with Crippen molar-refractivity contribution in [2.45, 2.75) is 12.6 Å². The lowest BCUT2D eigenvalue weighted by Gasteiger charge is -2.07. The normalized spacial score (nSPS) is 11.7. The van der Waals surface area contributed by atoms with Gasteiger partial charge in [0.25, 0.3) is 0 Å². The number of hydrogen-bond donors (Lipinski definition) is 0. The van der Waals surface area contributed by atoms with Gasteiger partial charge in [-0.15, -0.1) is 11.3 Å². The monoisotopic (exact) mass is 242 g/mol. The van der Waals surface area contributed by atoms with Crippen LogP contribution >= 0.6 is 11.3 Å². The van der Waals surface area contributed by atoms with E-state index in [9.17, 15) is 13.2 Å². The summed E-state index contributed by atoms with van der Waals surface area (Å²) in [5.74, 6) is 0. The lowest BCUT2D eigenvalue weighted by molar-refractivity contribution is -0.137. The fraction of sp³-hybridized carbons (Fsp3) is 0.167. The fourth-order valence-electron chi connectivity index (χ4n) is 1.47. The van der Waals surface area contributed by atoms with Crippen molar-refractivity contribution in [1.82, 2.24) is 0 Å². The van der Waals surface area contributed by atoms with Crippen molar-refractivity contribution in [2.75, 3.05) is 0 Å². The average molecular weight is 242 g/mol. The molecule has 1 heterocycles. The molecule has 0 nitrogen and oxygen atoms in total. The third-order valence-corrected chi connectivity index (χ3v) is 3.09. The molecule has 0 spiro atoms. The van der Waals surface area contributed by atoms with Crippen LogP contribution in [0.25, 0.3) is 0 Å². The lowest BCUT2D eigenvalue weighted by Crippen LogP contribution is -2.05. The Morgan fingerprint density at radius 1 is 1.06 bits per heavy atom. The summed E-state index contributed by atoms with van der Waals surface area (Å²) in [6.07, 6.45) is -3.70. The van der Waals surface area contributed by atoms with Crippen molar-refractivity contribution in [3.63, 3.8) is 0 Å². The lowest BCUT2D eigenvalue weighted by atomic mass is 10.1. The highest BCUT2D eigenvalue weighted by Gasteiger charge is 2.30. The summed E-state index contributed by atoms with van der Waals surface area (Å²) in [7, 11) is 0. The summed E-state index contributed by atoms with van der Waals surface area (Å²) in [5, 5.41) is 1.92. The summed E-state index contributed by atoms with van der Waals surface area (Å²) in [6, 6.07) is 9.29. The van der Waals surface area contributed by atoms with Crippen LogP contribution in [0.15, 0.2) is 41.8 Å². The van der Waals surface area contributed by atoms with E-state index in [0.717, 1.165) is 10.9 Å². The molecule has 0 aliphatic heterocycles. The second-order valence-corrected chi connectivity index (χ2v) is 4.49. The highest BCUT2D eigenvalue weighted by atomic mass is 32.1. The first-order chi connectivity index (χ1) is 7.55. The summed E-state index contributed by atoms with van der Waals surface area (Å²) in [5.41, 5.74) is 0.110. The zero-order valence-corrected chi connectivity index (χ0v) is 9.11. The Kier molecular flexibility index (Phi) is 3.01. The van der Waals surface area contributed by atoms with Gasteiger partial charge >= 0.3 is 6.18 Å². The topological polar surface area (TPSA) is 0 Å². The molecule has 4 heteroatoms. The summed E-state index contributed by atoms with van der Waals surface area (Å²) in [6.45, 7) is 0. The number of thiophene rings is 1. The van der Waals surface area contributed by atoms with E-state index in [1.165, 1.54) is 12.1 Å². The third kappa shape index (κ3) is 2.64. The molecular formula is C12H9F3S. The molecule has 0 amide bonds. The highest BCUT2D eigenvalue weighted by Crippen LogP contribution is 2.30. The third-order valence-electron chi connectivity index (χ3n) is 2.21. The quantitative estimate of drug-likeness (QED) is 0.734. The maximum absolute atomic E-state index is 12.4. The van der Waals surface area contributed by atoms with Crippen LogP contribution in [-0.4, -0.2) is 0 Å². The van der Waals surface area contributed by atoms with Crippen LogP contribution in [-0.2, 0) is 12.6 Å². The largest absolute Gasteiger partial charge is 0.416 e. The van der Waals surface area contributed by atoms with Gasteiger partial charge in [-0.1, -0.05) is 24.3 Å². The van der Waals surface area contributed by atoms with Crippen molar-refractivity contribution in [1.29, 1.82) is 0 Å². The van der Waals surface area contributed by atoms with Crippen LogP contribution in [0.3, 0.4) is 0 Å². The Hall–Kier alpha value is -1.29.